The van der Waals surface area contributed by atoms with Gasteiger partial charge in [0.2, 0.25) is 5.41 Å². The summed E-state index contributed by atoms with van der Waals surface area (Å²) in [5.41, 5.74) is 2.03. The maximum Gasteiger partial charge on any atom is 0.408 e. The molecule has 0 aliphatic carbocycles. The van der Waals surface area contributed by atoms with E-state index in [1.165, 1.54) is 32.4 Å². The molecule has 5 nitrogen and oxygen atoms in total. The van der Waals surface area contributed by atoms with Crippen LogP contribution in [0.2, 0.25) is 0 Å². The predicted octanol–water partition coefficient (Wildman–Crippen LogP) is 5.96. The molecular formula is C29H31F6N3O2. The Morgan fingerprint density at radius 3 is 1.77 bits per heavy atom. The fraction of sp³-hybridized carbons (Fsp3) is 0.379. The number of piperazine rings is 1. The molecule has 2 N–H and O–H groups in total. The van der Waals surface area contributed by atoms with Crippen LogP contribution in [0, 0.1) is 0 Å². The predicted molar refractivity (Wildman–Crippen MR) is 141 cm³/mol. The van der Waals surface area contributed by atoms with Crippen LogP contribution in [0.15, 0.2) is 78.9 Å². The van der Waals surface area contributed by atoms with Crippen LogP contribution < -0.4 is 20.1 Å². The molecule has 0 spiro atoms. The lowest BCUT2D eigenvalue weighted by molar-refractivity contribution is -0.313. The van der Waals surface area contributed by atoms with Crippen molar-refractivity contribution >= 4 is 5.69 Å². The second-order valence-electron chi connectivity index (χ2n) is 9.61. The van der Waals surface area contributed by atoms with Crippen molar-refractivity contribution < 1.29 is 35.8 Å². The Bertz CT molecular complexity index is 1230. The highest BCUT2D eigenvalue weighted by Gasteiger charge is 2.75. The lowest BCUT2D eigenvalue weighted by Crippen LogP contribution is -2.68. The number of rotatable bonds is 8. The molecule has 0 bridgehead atoms. The number of anilines is 1. The number of benzene rings is 3. The molecule has 0 aromatic heterocycles. The van der Waals surface area contributed by atoms with Gasteiger partial charge in [0.25, 0.3) is 0 Å². The van der Waals surface area contributed by atoms with Gasteiger partial charge >= 0.3 is 12.4 Å². The van der Waals surface area contributed by atoms with E-state index in [0.29, 0.717) is 24.6 Å². The fourth-order valence-electron chi connectivity index (χ4n) is 5.58. The molecule has 0 amide bonds. The van der Waals surface area contributed by atoms with E-state index >= 15 is 0 Å². The molecule has 1 saturated heterocycles. The van der Waals surface area contributed by atoms with Gasteiger partial charge in [-0.15, -0.1) is 0 Å². The molecule has 1 heterocycles. The molecule has 1 fully saturated rings. The Hall–Kier alpha value is -3.44. The van der Waals surface area contributed by atoms with Gasteiger partial charge < -0.3 is 20.1 Å². The molecule has 0 saturated carbocycles. The van der Waals surface area contributed by atoms with Crippen molar-refractivity contribution in [3.8, 4) is 11.5 Å². The molecule has 3 aromatic rings. The topological polar surface area (TPSA) is 51.0 Å². The summed E-state index contributed by atoms with van der Waals surface area (Å²) in [5, 5.41) is 0. The molecule has 216 valence electrons. The number of halogens is 6. The summed E-state index contributed by atoms with van der Waals surface area (Å²) >= 11 is 0. The van der Waals surface area contributed by atoms with Gasteiger partial charge in [0.15, 0.2) is 0 Å². The number of methoxy groups -OCH3 is 2. The Balaban J connectivity index is 1.75. The first-order valence-electron chi connectivity index (χ1n) is 12.7. The first kappa shape index (κ1) is 29.5. The summed E-state index contributed by atoms with van der Waals surface area (Å²) in [7, 11) is 3.04. The summed E-state index contributed by atoms with van der Waals surface area (Å²) in [5.74, 6) is 1.13. The van der Waals surface area contributed by atoms with Gasteiger partial charge in [0.1, 0.15) is 11.5 Å². The van der Waals surface area contributed by atoms with E-state index in [0.717, 1.165) is 30.0 Å². The molecule has 1 aliphatic rings. The van der Waals surface area contributed by atoms with E-state index < -0.39 is 35.4 Å². The van der Waals surface area contributed by atoms with Gasteiger partial charge in [-0.1, -0.05) is 60.7 Å². The number of alkyl halides is 6. The van der Waals surface area contributed by atoms with E-state index in [1.807, 2.05) is 11.0 Å². The molecule has 2 atom stereocenters. The first-order valence-corrected chi connectivity index (χ1v) is 12.7. The quantitative estimate of drug-likeness (QED) is 0.341. The zero-order valence-corrected chi connectivity index (χ0v) is 22.0. The van der Waals surface area contributed by atoms with Crippen LogP contribution in [0.1, 0.15) is 17.2 Å². The van der Waals surface area contributed by atoms with Crippen molar-refractivity contribution in [2.45, 2.75) is 29.9 Å². The van der Waals surface area contributed by atoms with Crippen molar-refractivity contribution in [2.24, 2.45) is 5.73 Å². The van der Waals surface area contributed by atoms with E-state index in [2.05, 4.69) is 0 Å². The number of nitrogens with zero attached hydrogens (tertiary/aromatic N) is 2. The van der Waals surface area contributed by atoms with E-state index in [4.69, 9.17) is 15.2 Å². The summed E-state index contributed by atoms with van der Waals surface area (Å²) < 4.78 is 99.7. The summed E-state index contributed by atoms with van der Waals surface area (Å²) in [6.45, 7) is 0.996. The van der Waals surface area contributed by atoms with Crippen molar-refractivity contribution in [3.63, 3.8) is 0 Å². The minimum absolute atomic E-state index is 0.170. The maximum atomic E-state index is 14.8. The van der Waals surface area contributed by atoms with Gasteiger partial charge in [-0.05, 0) is 23.3 Å². The molecule has 1 aliphatic heterocycles. The lowest BCUT2D eigenvalue weighted by atomic mass is 9.68. The Morgan fingerprint density at radius 1 is 0.725 bits per heavy atom. The van der Waals surface area contributed by atoms with Gasteiger partial charge in [0.05, 0.1) is 32.0 Å². The van der Waals surface area contributed by atoms with Crippen LogP contribution in [0.5, 0.6) is 11.5 Å². The van der Waals surface area contributed by atoms with Crippen LogP contribution in [0.25, 0.3) is 0 Å². The largest absolute Gasteiger partial charge is 0.497 e. The molecule has 3 aromatic carbocycles. The number of nitrogens with two attached hydrogens (primary N) is 1. The highest BCUT2D eigenvalue weighted by molar-refractivity contribution is 5.61. The molecule has 11 heteroatoms. The standard InChI is InChI=1S/C29H31F6N3O2/c1-39-22-13-14-23(24(19-22)40-2)37-15-17-38(18-16-37)25(20-9-5-3-6-10-20)26(36)27(28(30,31)32,29(33,34)35)21-11-7-4-8-12-21/h3-14,19,25-26H,15-18,36H2,1-2H3. The third-order valence-corrected chi connectivity index (χ3v) is 7.54. The molecular weight excluding hydrogens is 536 g/mol. The Morgan fingerprint density at radius 2 is 1.27 bits per heavy atom. The van der Waals surface area contributed by atoms with Crippen LogP contribution in [-0.2, 0) is 5.41 Å². The SMILES string of the molecule is COc1ccc(N2CCN(C(c3ccccc3)C(N)C(c3ccccc3)(C(F)(F)F)C(F)(F)F)CC2)c(OC)c1. The number of ether oxygens (including phenoxy) is 2. The summed E-state index contributed by atoms with van der Waals surface area (Å²) in [6.07, 6.45) is -11.4. The van der Waals surface area contributed by atoms with Crippen molar-refractivity contribution in [1.29, 1.82) is 0 Å². The smallest absolute Gasteiger partial charge is 0.408 e. The van der Waals surface area contributed by atoms with Gasteiger partial charge in [0, 0.05) is 32.2 Å². The van der Waals surface area contributed by atoms with Crippen LogP contribution >= 0.6 is 0 Å². The monoisotopic (exact) mass is 567 g/mol. The minimum Gasteiger partial charge on any atom is -0.497 e. The minimum atomic E-state index is -5.72. The molecule has 40 heavy (non-hydrogen) atoms. The zero-order chi connectivity index (χ0) is 29.1. The van der Waals surface area contributed by atoms with Crippen LogP contribution in [0.4, 0.5) is 32.0 Å². The zero-order valence-electron chi connectivity index (χ0n) is 22.0. The third kappa shape index (κ3) is 5.32. The van der Waals surface area contributed by atoms with Gasteiger partial charge in [-0.25, -0.2) is 0 Å². The van der Waals surface area contributed by atoms with Crippen molar-refractivity contribution in [3.05, 3.63) is 90.0 Å². The van der Waals surface area contributed by atoms with Crippen molar-refractivity contribution in [2.75, 3.05) is 45.3 Å². The van der Waals surface area contributed by atoms with Crippen molar-refractivity contribution in [1.82, 2.24) is 4.90 Å². The second-order valence-corrected chi connectivity index (χ2v) is 9.61. The second kappa shape index (κ2) is 11.6. The Labute approximate surface area is 229 Å². The normalized spacial score (nSPS) is 16.9. The number of hydrogen-bond donors (Lipinski definition) is 1. The van der Waals surface area contributed by atoms with E-state index in [9.17, 15) is 26.3 Å². The van der Waals surface area contributed by atoms with Gasteiger partial charge in [-0.3, -0.25) is 4.90 Å². The number of hydrogen-bond acceptors (Lipinski definition) is 5. The third-order valence-electron chi connectivity index (χ3n) is 7.54. The molecule has 0 radical (unpaired) electrons. The van der Waals surface area contributed by atoms with Crippen LogP contribution in [-0.4, -0.2) is 63.7 Å². The van der Waals surface area contributed by atoms with Crippen LogP contribution in [0.3, 0.4) is 0 Å². The van der Waals surface area contributed by atoms with E-state index in [1.54, 1.807) is 35.2 Å². The highest BCUT2D eigenvalue weighted by atomic mass is 19.4. The van der Waals surface area contributed by atoms with E-state index in [-0.39, 0.29) is 18.7 Å². The highest BCUT2D eigenvalue weighted by Crippen LogP contribution is 2.56. The fourth-order valence-corrected chi connectivity index (χ4v) is 5.58. The Kier molecular flexibility index (Phi) is 8.55. The lowest BCUT2D eigenvalue weighted by Gasteiger charge is -2.49. The first-order chi connectivity index (χ1) is 19.0. The van der Waals surface area contributed by atoms with Gasteiger partial charge in [-0.2, -0.15) is 26.3 Å². The average Bonchev–Trinajstić information content (AvgIpc) is 2.93. The molecule has 2 unspecified atom stereocenters. The maximum absolute atomic E-state index is 14.8. The summed E-state index contributed by atoms with van der Waals surface area (Å²) in [4.78, 5) is 3.59. The molecule has 4 rings (SSSR count). The summed E-state index contributed by atoms with van der Waals surface area (Å²) in [6, 6.07) is 14.7. The average molecular weight is 568 g/mol.